The van der Waals surface area contributed by atoms with Crippen LogP contribution in [0.15, 0.2) is 122 Å². The van der Waals surface area contributed by atoms with E-state index in [0.717, 1.165) is 0 Å². The van der Waals surface area contributed by atoms with E-state index in [4.69, 9.17) is 25.5 Å². The smallest absolute Gasteiger partial charge is 0.269 e. The zero-order chi connectivity index (χ0) is 34.3. The molecule has 3 aromatic heterocycles. The summed E-state index contributed by atoms with van der Waals surface area (Å²) >= 11 is 6.45. The van der Waals surface area contributed by atoms with Gasteiger partial charge in [-0.1, -0.05) is 111 Å². The van der Waals surface area contributed by atoms with Gasteiger partial charge >= 0.3 is 0 Å². The molecule has 0 aliphatic carbocycles. The number of hydrogen-bond acceptors (Lipinski definition) is 8. The maximum Gasteiger partial charge on any atom is 0.269 e. The maximum atomic E-state index is 13.6. The average Bonchev–Trinajstić information content (AvgIpc) is 3.55. The van der Waals surface area contributed by atoms with Crippen LogP contribution in [0.5, 0.6) is 5.88 Å². The number of aromatic nitrogens is 5. The number of anilines is 1. The van der Waals surface area contributed by atoms with Gasteiger partial charge in [-0.3, -0.25) is 4.79 Å². The Labute approximate surface area is 291 Å². The van der Waals surface area contributed by atoms with Crippen molar-refractivity contribution in [2.75, 3.05) is 25.1 Å². The molecule has 0 unspecified atom stereocenters. The molecule has 1 atom stereocenters. The van der Waals surface area contributed by atoms with Gasteiger partial charge in [-0.2, -0.15) is 5.10 Å². The number of benzene rings is 3. The molecule has 49 heavy (non-hydrogen) atoms. The Morgan fingerprint density at radius 1 is 0.857 bits per heavy atom. The predicted molar refractivity (Wildman–Crippen MR) is 193 cm³/mol. The number of para-hydroxylation sites is 1. The summed E-state index contributed by atoms with van der Waals surface area (Å²) in [6.07, 6.45) is 3.46. The molecular formula is C37H37ClN6O4Si. The first-order valence-corrected chi connectivity index (χ1v) is 18.2. The summed E-state index contributed by atoms with van der Waals surface area (Å²) < 4.78 is 20.9. The van der Waals surface area contributed by atoms with Crippen LogP contribution >= 0.6 is 11.6 Å². The first-order chi connectivity index (χ1) is 23.8. The molecule has 0 saturated carbocycles. The second-order valence-corrected chi connectivity index (χ2v) is 17.0. The standard InChI is InChI=1S/C37H37ClN6O4Si/c1-37(2,3)49(27-14-6-4-7-15-27,28-16-8-5-9-17-28)47-23-22-46-25-32(35(45)43-33-20-12-13-21-39-33)48-36-29-24-42-44(34(29)40-26-41-36)31-19-11-10-18-30(31)38/h4-21,24,26,32H,22-23,25H2,1-3H3,(H,39,43,45)/t32-/m0/s1. The minimum atomic E-state index is -2.76. The number of rotatable bonds is 13. The highest BCUT2D eigenvalue weighted by atomic mass is 35.5. The van der Waals surface area contributed by atoms with Gasteiger partial charge in [-0.25, -0.2) is 19.6 Å². The molecule has 0 fully saturated rings. The number of nitrogens with zero attached hydrogens (tertiary/aromatic N) is 5. The van der Waals surface area contributed by atoms with Gasteiger partial charge in [-0.05, 0) is 39.7 Å². The number of amides is 1. The number of fused-ring (bicyclic) bond motifs is 1. The van der Waals surface area contributed by atoms with E-state index in [1.807, 2.05) is 30.3 Å². The molecule has 0 bridgehead atoms. The van der Waals surface area contributed by atoms with Crippen LogP contribution < -0.4 is 20.4 Å². The SMILES string of the molecule is CC(C)(C)[Si](OCCOC[C@H](Oc1ncnc2c1cnn2-c1ccccc1Cl)C(=O)Nc1ccccn1)(c1ccccc1)c1ccccc1. The second-order valence-electron chi connectivity index (χ2n) is 12.3. The number of carbonyl (C=O) groups excluding carboxylic acids is 1. The molecule has 0 aliphatic heterocycles. The molecule has 1 amide bonds. The van der Waals surface area contributed by atoms with Gasteiger partial charge in [0.05, 0.1) is 36.7 Å². The highest BCUT2D eigenvalue weighted by Crippen LogP contribution is 2.36. The lowest BCUT2D eigenvalue weighted by Gasteiger charge is -2.43. The molecule has 3 heterocycles. The van der Waals surface area contributed by atoms with Crippen molar-refractivity contribution in [1.29, 1.82) is 0 Å². The van der Waals surface area contributed by atoms with Crippen molar-refractivity contribution < 1.29 is 18.7 Å². The van der Waals surface area contributed by atoms with E-state index in [2.05, 4.69) is 94.7 Å². The molecule has 12 heteroatoms. The monoisotopic (exact) mass is 692 g/mol. The average molecular weight is 693 g/mol. The van der Waals surface area contributed by atoms with Gasteiger partial charge in [0.2, 0.25) is 12.0 Å². The van der Waals surface area contributed by atoms with Crippen molar-refractivity contribution in [2.45, 2.75) is 31.9 Å². The number of carbonyl (C=O) groups is 1. The van der Waals surface area contributed by atoms with Crippen molar-refractivity contribution in [3.05, 3.63) is 127 Å². The third-order valence-electron chi connectivity index (χ3n) is 8.10. The lowest BCUT2D eigenvalue weighted by Crippen LogP contribution is -2.66. The number of nitrogens with one attached hydrogen (secondary N) is 1. The quantitative estimate of drug-likeness (QED) is 0.119. The Morgan fingerprint density at radius 3 is 2.18 bits per heavy atom. The van der Waals surface area contributed by atoms with E-state index >= 15 is 0 Å². The maximum absolute atomic E-state index is 13.6. The minimum Gasteiger partial charge on any atom is -0.461 e. The van der Waals surface area contributed by atoms with Crippen molar-refractivity contribution >= 4 is 53.1 Å². The molecule has 0 aliphatic rings. The van der Waals surface area contributed by atoms with Gasteiger partial charge in [0.1, 0.15) is 17.5 Å². The molecule has 0 spiro atoms. The van der Waals surface area contributed by atoms with Gasteiger partial charge in [0.15, 0.2) is 5.65 Å². The lowest BCUT2D eigenvalue weighted by atomic mass is 10.2. The minimum absolute atomic E-state index is 0.0765. The van der Waals surface area contributed by atoms with E-state index in [-0.39, 0.29) is 24.1 Å². The number of halogens is 1. The van der Waals surface area contributed by atoms with Crippen LogP contribution in [0.3, 0.4) is 0 Å². The van der Waals surface area contributed by atoms with Crippen LogP contribution in [0.25, 0.3) is 16.7 Å². The van der Waals surface area contributed by atoms with E-state index < -0.39 is 20.3 Å². The van der Waals surface area contributed by atoms with Crippen molar-refractivity contribution in [2.24, 2.45) is 0 Å². The normalized spacial score (nSPS) is 12.5. The molecule has 6 rings (SSSR count). The Morgan fingerprint density at radius 2 is 1.53 bits per heavy atom. The highest BCUT2D eigenvalue weighted by molar-refractivity contribution is 6.99. The van der Waals surface area contributed by atoms with Crippen molar-refractivity contribution in [3.8, 4) is 11.6 Å². The molecule has 6 aromatic rings. The van der Waals surface area contributed by atoms with Crippen LogP contribution in [-0.4, -0.2) is 64.9 Å². The summed E-state index contributed by atoms with van der Waals surface area (Å²) in [5.74, 6) is 0.115. The lowest BCUT2D eigenvalue weighted by molar-refractivity contribution is -0.125. The predicted octanol–water partition coefficient (Wildman–Crippen LogP) is 5.84. The zero-order valence-corrected chi connectivity index (χ0v) is 29.2. The van der Waals surface area contributed by atoms with Crippen LogP contribution in [0, 0.1) is 0 Å². The summed E-state index contributed by atoms with van der Waals surface area (Å²) in [6, 6.07) is 33.4. The Bertz CT molecular complexity index is 1950. The van der Waals surface area contributed by atoms with Gasteiger partial charge in [0.25, 0.3) is 14.2 Å². The fourth-order valence-corrected chi connectivity index (χ4v) is 10.6. The third kappa shape index (κ3) is 7.40. The Hall–Kier alpha value is -4.94. The number of hydrogen-bond donors (Lipinski definition) is 1. The third-order valence-corrected chi connectivity index (χ3v) is 13.5. The first-order valence-electron chi connectivity index (χ1n) is 15.9. The largest absolute Gasteiger partial charge is 0.461 e. The summed E-state index contributed by atoms with van der Waals surface area (Å²) in [6.45, 7) is 7.13. The second kappa shape index (κ2) is 15.1. The molecule has 10 nitrogen and oxygen atoms in total. The van der Waals surface area contributed by atoms with Crippen molar-refractivity contribution in [3.63, 3.8) is 0 Å². The van der Waals surface area contributed by atoms with Crippen LogP contribution in [-0.2, 0) is 14.0 Å². The van der Waals surface area contributed by atoms with Crippen LogP contribution in [0.2, 0.25) is 10.1 Å². The van der Waals surface area contributed by atoms with E-state index in [1.165, 1.54) is 16.7 Å². The highest BCUT2D eigenvalue weighted by Gasteiger charge is 2.50. The molecule has 0 radical (unpaired) electrons. The van der Waals surface area contributed by atoms with Gasteiger partial charge in [-0.15, -0.1) is 0 Å². The summed E-state index contributed by atoms with van der Waals surface area (Å²) in [5, 5.41) is 10.5. The van der Waals surface area contributed by atoms with Crippen LogP contribution in [0.4, 0.5) is 5.82 Å². The van der Waals surface area contributed by atoms with Gasteiger partial charge in [0, 0.05) is 6.20 Å². The van der Waals surface area contributed by atoms with E-state index in [1.54, 1.807) is 41.3 Å². The summed E-state index contributed by atoms with van der Waals surface area (Å²) in [7, 11) is -2.76. The number of pyridine rings is 1. The molecule has 1 N–H and O–H groups in total. The van der Waals surface area contributed by atoms with Crippen LogP contribution in [0.1, 0.15) is 20.8 Å². The Kier molecular flexibility index (Phi) is 10.4. The fraction of sp³-hybridized carbons (Fsp3) is 0.216. The summed E-state index contributed by atoms with van der Waals surface area (Å²) in [5.41, 5.74) is 1.12. The molecule has 0 saturated heterocycles. The molecular weight excluding hydrogens is 656 g/mol. The Balaban J connectivity index is 1.22. The zero-order valence-electron chi connectivity index (χ0n) is 27.5. The van der Waals surface area contributed by atoms with Gasteiger partial charge < -0.3 is 19.2 Å². The first kappa shape index (κ1) is 33.9. The van der Waals surface area contributed by atoms with E-state index in [0.29, 0.717) is 34.2 Å². The molecule has 250 valence electrons. The van der Waals surface area contributed by atoms with E-state index in [9.17, 15) is 4.79 Å². The number of ether oxygens (including phenoxy) is 2. The summed E-state index contributed by atoms with van der Waals surface area (Å²) in [4.78, 5) is 26.6. The van der Waals surface area contributed by atoms with Crippen molar-refractivity contribution in [1.82, 2.24) is 24.7 Å². The topological polar surface area (TPSA) is 113 Å². The fourth-order valence-electron chi connectivity index (χ4n) is 5.86. The molecule has 3 aromatic carbocycles.